The van der Waals surface area contributed by atoms with Gasteiger partial charge < -0.3 is 14.4 Å². The summed E-state index contributed by atoms with van der Waals surface area (Å²) in [6.07, 6.45) is 4.71. The zero-order valence-corrected chi connectivity index (χ0v) is 17.0. The minimum atomic E-state index is -0.669. The number of fused-ring (bicyclic) bond motifs is 2. The number of benzene rings is 2. The molecule has 0 amide bonds. The summed E-state index contributed by atoms with van der Waals surface area (Å²) in [5.41, 5.74) is 3.71. The molecule has 4 heteroatoms. The fourth-order valence-corrected chi connectivity index (χ4v) is 4.36. The summed E-state index contributed by atoms with van der Waals surface area (Å²) in [6.45, 7) is 9.22. The largest absolute Gasteiger partial charge is 0.464 e. The number of anilines is 1. The molecule has 28 heavy (non-hydrogen) atoms. The van der Waals surface area contributed by atoms with E-state index in [1.54, 1.807) is 0 Å². The number of carbonyl (C=O) groups excluding carboxylic acids is 1. The van der Waals surface area contributed by atoms with Crippen LogP contribution >= 0.6 is 0 Å². The second-order valence-corrected chi connectivity index (χ2v) is 8.04. The number of ether oxygens (including phenoxy) is 2. The van der Waals surface area contributed by atoms with E-state index in [0.717, 1.165) is 17.0 Å². The highest BCUT2D eigenvalue weighted by Gasteiger charge is 2.58. The molecule has 0 saturated carbocycles. The fraction of sp³-hybridized carbons (Fsp3) is 0.375. The average Bonchev–Trinajstić information content (AvgIpc) is 2.87. The molecule has 1 spiro atoms. The first kappa shape index (κ1) is 18.6. The van der Waals surface area contributed by atoms with Gasteiger partial charge in [-0.2, -0.15) is 0 Å². The smallest absolute Gasteiger partial charge is 0.305 e. The number of hydrogen-bond donors (Lipinski definition) is 0. The minimum Gasteiger partial charge on any atom is -0.464 e. The molecule has 0 radical (unpaired) electrons. The van der Waals surface area contributed by atoms with Crippen LogP contribution in [0.3, 0.4) is 0 Å². The van der Waals surface area contributed by atoms with Gasteiger partial charge in [-0.15, -0.1) is 0 Å². The van der Waals surface area contributed by atoms with E-state index < -0.39 is 5.72 Å². The van der Waals surface area contributed by atoms with Crippen molar-refractivity contribution in [2.45, 2.75) is 45.3 Å². The van der Waals surface area contributed by atoms with Gasteiger partial charge in [-0.05, 0) is 56.7 Å². The Balaban J connectivity index is 1.76. The lowest BCUT2D eigenvalue weighted by atomic mass is 9.76. The van der Waals surface area contributed by atoms with Crippen LogP contribution in [0, 0.1) is 6.92 Å². The maximum absolute atomic E-state index is 11.6. The van der Waals surface area contributed by atoms with E-state index in [4.69, 9.17) is 9.47 Å². The Kier molecular flexibility index (Phi) is 4.45. The van der Waals surface area contributed by atoms with Crippen molar-refractivity contribution in [2.24, 2.45) is 0 Å². The SMILES string of the molecule is CCC(=O)OCCN1c2ccccc2C(C)(C)[C@]12C=Cc1cc(C)ccc1O2. The number of esters is 1. The van der Waals surface area contributed by atoms with Gasteiger partial charge in [-0.25, -0.2) is 0 Å². The van der Waals surface area contributed by atoms with E-state index in [1.807, 2.05) is 19.1 Å². The summed E-state index contributed by atoms with van der Waals surface area (Å²) in [6, 6.07) is 14.7. The van der Waals surface area contributed by atoms with Crippen molar-refractivity contribution >= 4 is 17.7 Å². The van der Waals surface area contributed by atoms with E-state index in [9.17, 15) is 4.79 Å². The molecule has 0 N–H and O–H groups in total. The van der Waals surface area contributed by atoms with Gasteiger partial charge in [0.05, 0.1) is 12.0 Å². The Morgan fingerprint density at radius 2 is 1.96 bits per heavy atom. The van der Waals surface area contributed by atoms with Gasteiger partial charge in [0, 0.05) is 17.7 Å². The van der Waals surface area contributed by atoms with Gasteiger partial charge >= 0.3 is 5.97 Å². The van der Waals surface area contributed by atoms with Crippen LogP contribution in [0.4, 0.5) is 5.69 Å². The average molecular weight is 377 g/mol. The third-order valence-electron chi connectivity index (χ3n) is 5.95. The standard InChI is InChI=1S/C24H27NO3/c1-5-22(26)27-15-14-25-20-9-7-6-8-19(20)23(3,4)24(25)13-12-18-16-17(2)10-11-21(18)28-24/h6-13,16H,5,14-15H2,1-4H3/t24-/m1/s1. The van der Waals surface area contributed by atoms with E-state index in [2.05, 4.69) is 68.2 Å². The molecule has 146 valence electrons. The monoisotopic (exact) mass is 377 g/mol. The maximum Gasteiger partial charge on any atom is 0.305 e. The third kappa shape index (κ3) is 2.70. The molecule has 2 aliphatic heterocycles. The Morgan fingerprint density at radius 1 is 1.18 bits per heavy atom. The zero-order chi connectivity index (χ0) is 19.9. The number of rotatable bonds is 4. The lowest BCUT2D eigenvalue weighted by molar-refractivity contribution is -0.143. The molecule has 4 nitrogen and oxygen atoms in total. The fourth-order valence-electron chi connectivity index (χ4n) is 4.36. The van der Waals surface area contributed by atoms with Crippen LogP contribution in [0.2, 0.25) is 0 Å². The summed E-state index contributed by atoms with van der Waals surface area (Å²) < 4.78 is 12.1. The molecule has 0 aliphatic carbocycles. The quantitative estimate of drug-likeness (QED) is 0.714. The van der Waals surface area contributed by atoms with Crippen LogP contribution in [0.5, 0.6) is 5.75 Å². The lowest BCUT2D eigenvalue weighted by Crippen LogP contribution is -2.60. The second-order valence-electron chi connectivity index (χ2n) is 8.04. The molecule has 2 aromatic carbocycles. The van der Waals surface area contributed by atoms with Crippen molar-refractivity contribution in [1.82, 2.24) is 0 Å². The number of aryl methyl sites for hydroxylation is 1. The van der Waals surface area contributed by atoms with Crippen molar-refractivity contribution in [1.29, 1.82) is 0 Å². The van der Waals surface area contributed by atoms with Crippen molar-refractivity contribution in [3.63, 3.8) is 0 Å². The van der Waals surface area contributed by atoms with Crippen LogP contribution in [0.15, 0.2) is 48.5 Å². The van der Waals surface area contributed by atoms with Crippen LogP contribution in [0.25, 0.3) is 6.08 Å². The summed E-state index contributed by atoms with van der Waals surface area (Å²) in [7, 11) is 0. The molecule has 1 atom stereocenters. The molecule has 0 saturated heterocycles. The number of carbonyl (C=O) groups is 1. The summed E-state index contributed by atoms with van der Waals surface area (Å²) in [5, 5.41) is 0. The third-order valence-corrected chi connectivity index (χ3v) is 5.95. The van der Waals surface area contributed by atoms with Gasteiger partial charge in [0.1, 0.15) is 12.4 Å². The maximum atomic E-state index is 11.6. The molecular formula is C24H27NO3. The van der Waals surface area contributed by atoms with Gasteiger partial charge in [0.15, 0.2) is 0 Å². The number of para-hydroxylation sites is 1. The Hall–Kier alpha value is -2.75. The van der Waals surface area contributed by atoms with E-state index >= 15 is 0 Å². The molecule has 0 unspecified atom stereocenters. The highest BCUT2D eigenvalue weighted by atomic mass is 16.5. The van der Waals surface area contributed by atoms with Crippen molar-refractivity contribution in [3.8, 4) is 5.75 Å². The van der Waals surface area contributed by atoms with Gasteiger partial charge in [0.25, 0.3) is 0 Å². The van der Waals surface area contributed by atoms with Crippen molar-refractivity contribution in [2.75, 3.05) is 18.1 Å². The molecule has 0 fully saturated rings. The topological polar surface area (TPSA) is 38.8 Å². The first-order valence-electron chi connectivity index (χ1n) is 9.91. The van der Waals surface area contributed by atoms with Crippen LogP contribution in [0.1, 0.15) is 43.9 Å². The predicted molar refractivity (Wildman–Crippen MR) is 112 cm³/mol. The molecule has 2 aromatic rings. The molecule has 2 heterocycles. The van der Waals surface area contributed by atoms with Crippen molar-refractivity contribution < 1.29 is 14.3 Å². The molecule has 0 bridgehead atoms. The normalized spacial score (nSPS) is 21.2. The Morgan fingerprint density at radius 3 is 2.75 bits per heavy atom. The van der Waals surface area contributed by atoms with Crippen LogP contribution < -0.4 is 9.64 Å². The number of hydrogen-bond acceptors (Lipinski definition) is 4. The lowest BCUT2D eigenvalue weighted by Gasteiger charge is -2.47. The first-order valence-corrected chi connectivity index (χ1v) is 9.91. The number of nitrogens with zero attached hydrogens (tertiary/aromatic N) is 1. The van der Waals surface area contributed by atoms with Gasteiger partial charge in [0.2, 0.25) is 5.72 Å². The van der Waals surface area contributed by atoms with E-state index in [0.29, 0.717) is 19.6 Å². The molecule has 2 aliphatic rings. The van der Waals surface area contributed by atoms with Crippen LogP contribution in [-0.2, 0) is 14.9 Å². The van der Waals surface area contributed by atoms with E-state index in [1.165, 1.54) is 11.1 Å². The molecule has 0 aromatic heterocycles. The van der Waals surface area contributed by atoms with Gasteiger partial charge in [-0.1, -0.05) is 36.8 Å². The van der Waals surface area contributed by atoms with E-state index in [-0.39, 0.29) is 11.4 Å². The Labute approximate surface area is 166 Å². The first-order chi connectivity index (χ1) is 13.4. The minimum absolute atomic E-state index is 0.179. The summed E-state index contributed by atoms with van der Waals surface area (Å²) >= 11 is 0. The van der Waals surface area contributed by atoms with Crippen molar-refractivity contribution in [3.05, 3.63) is 65.2 Å². The highest BCUT2D eigenvalue weighted by molar-refractivity contribution is 5.73. The van der Waals surface area contributed by atoms with Gasteiger partial charge in [-0.3, -0.25) is 4.79 Å². The summed E-state index contributed by atoms with van der Waals surface area (Å²) in [4.78, 5) is 13.9. The Bertz CT molecular complexity index is 947. The molecular weight excluding hydrogens is 350 g/mol. The zero-order valence-electron chi connectivity index (χ0n) is 17.0. The highest BCUT2D eigenvalue weighted by Crippen LogP contribution is 2.54. The predicted octanol–water partition coefficient (Wildman–Crippen LogP) is 4.85. The second kappa shape index (κ2) is 6.69. The summed E-state index contributed by atoms with van der Waals surface area (Å²) in [5.74, 6) is 0.700. The molecule has 4 rings (SSSR count). The van der Waals surface area contributed by atoms with Crippen LogP contribution in [-0.4, -0.2) is 24.8 Å².